The molecule has 1 fully saturated rings. The van der Waals surface area contributed by atoms with Crippen molar-refractivity contribution in [3.63, 3.8) is 0 Å². The summed E-state index contributed by atoms with van der Waals surface area (Å²) in [7, 11) is 0. The van der Waals surface area contributed by atoms with Crippen molar-refractivity contribution < 1.29 is 10.2 Å². The topological polar surface area (TPSA) is 120 Å². The van der Waals surface area contributed by atoms with Crippen molar-refractivity contribution in [2.24, 2.45) is 0 Å². The molecule has 0 spiro atoms. The van der Waals surface area contributed by atoms with E-state index in [-0.39, 0.29) is 19.1 Å². The standard InChI is InChI=1S/C11H20N6O2/c12-9-14-10(13-6-8(19)7-18)16-11(15-9)17-4-2-1-3-5-17/h8,18-19H,1-7H2,(H3,12,13,14,15,16). The molecule has 1 aromatic rings. The molecule has 0 saturated carbocycles. The summed E-state index contributed by atoms with van der Waals surface area (Å²) in [5.41, 5.74) is 5.66. The maximum absolute atomic E-state index is 9.28. The fraction of sp³-hybridized carbons (Fsp3) is 0.727. The van der Waals surface area contributed by atoms with E-state index in [4.69, 9.17) is 10.8 Å². The second-order valence-electron chi connectivity index (χ2n) is 4.58. The van der Waals surface area contributed by atoms with Crippen LogP contribution >= 0.6 is 0 Å². The molecule has 19 heavy (non-hydrogen) atoms. The lowest BCUT2D eigenvalue weighted by atomic mass is 10.1. The van der Waals surface area contributed by atoms with Crippen LogP contribution in [0.2, 0.25) is 0 Å². The molecule has 2 heterocycles. The molecule has 8 heteroatoms. The van der Waals surface area contributed by atoms with E-state index in [1.54, 1.807) is 0 Å². The molecule has 8 nitrogen and oxygen atoms in total. The summed E-state index contributed by atoms with van der Waals surface area (Å²) >= 11 is 0. The Hall–Kier alpha value is -1.67. The number of rotatable bonds is 5. The number of nitrogens with one attached hydrogen (secondary N) is 1. The number of aromatic nitrogens is 3. The first-order valence-corrected chi connectivity index (χ1v) is 6.48. The van der Waals surface area contributed by atoms with Crippen LogP contribution in [-0.4, -0.2) is 57.5 Å². The number of anilines is 3. The minimum absolute atomic E-state index is 0.150. The van der Waals surface area contributed by atoms with E-state index < -0.39 is 6.10 Å². The van der Waals surface area contributed by atoms with E-state index in [1.165, 1.54) is 6.42 Å². The number of nitrogens with zero attached hydrogens (tertiary/aromatic N) is 4. The normalized spacial score (nSPS) is 17.3. The molecule has 0 bridgehead atoms. The molecule has 106 valence electrons. The van der Waals surface area contributed by atoms with Crippen molar-refractivity contribution in [1.29, 1.82) is 0 Å². The largest absolute Gasteiger partial charge is 0.394 e. The first-order chi connectivity index (χ1) is 9.19. The van der Waals surface area contributed by atoms with Crippen LogP contribution in [-0.2, 0) is 0 Å². The van der Waals surface area contributed by atoms with E-state index in [9.17, 15) is 5.11 Å². The molecule has 1 aromatic heterocycles. The Morgan fingerprint density at radius 2 is 1.95 bits per heavy atom. The Balaban J connectivity index is 2.05. The van der Waals surface area contributed by atoms with E-state index in [0.29, 0.717) is 11.9 Å². The molecule has 0 radical (unpaired) electrons. The summed E-state index contributed by atoms with van der Waals surface area (Å²) < 4.78 is 0. The van der Waals surface area contributed by atoms with Gasteiger partial charge in [-0.05, 0) is 19.3 Å². The molecule has 5 N–H and O–H groups in total. The summed E-state index contributed by atoms with van der Waals surface area (Å²) in [4.78, 5) is 14.5. The van der Waals surface area contributed by atoms with Crippen molar-refractivity contribution in [2.45, 2.75) is 25.4 Å². The van der Waals surface area contributed by atoms with Gasteiger partial charge in [-0.1, -0.05) is 0 Å². The molecule has 1 atom stereocenters. The van der Waals surface area contributed by atoms with Crippen LogP contribution in [0.4, 0.5) is 17.8 Å². The van der Waals surface area contributed by atoms with Gasteiger partial charge in [0.25, 0.3) is 0 Å². The highest BCUT2D eigenvalue weighted by molar-refractivity contribution is 5.42. The molecule has 1 aliphatic heterocycles. The molecule has 0 aliphatic carbocycles. The quantitative estimate of drug-likeness (QED) is 0.548. The molecular formula is C11H20N6O2. The number of aliphatic hydroxyl groups is 2. The minimum Gasteiger partial charge on any atom is -0.394 e. The molecule has 1 saturated heterocycles. The summed E-state index contributed by atoms with van der Waals surface area (Å²) in [6, 6.07) is 0. The van der Waals surface area contributed by atoms with Gasteiger partial charge in [-0.15, -0.1) is 0 Å². The molecule has 2 rings (SSSR count). The van der Waals surface area contributed by atoms with Gasteiger partial charge in [-0.3, -0.25) is 0 Å². The van der Waals surface area contributed by atoms with Crippen LogP contribution in [0.3, 0.4) is 0 Å². The Kier molecular flexibility index (Phi) is 4.69. The Morgan fingerprint density at radius 1 is 1.21 bits per heavy atom. The maximum Gasteiger partial charge on any atom is 0.231 e. The lowest BCUT2D eigenvalue weighted by Gasteiger charge is -2.26. The monoisotopic (exact) mass is 268 g/mol. The smallest absolute Gasteiger partial charge is 0.231 e. The average Bonchev–Trinajstić information content (AvgIpc) is 2.45. The van der Waals surface area contributed by atoms with Gasteiger partial charge < -0.3 is 26.2 Å². The number of piperidine rings is 1. The van der Waals surface area contributed by atoms with Crippen molar-refractivity contribution in [2.75, 3.05) is 42.2 Å². The molecule has 1 aliphatic rings. The maximum atomic E-state index is 9.28. The van der Waals surface area contributed by atoms with Crippen molar-refractivity contribution >= 4 is 17.8 Å². The summed E-state index contributed by atoms with van der Waals surface area (Å²) in [6.45, 7) is 1.69. The van der Waals surface area contributed by atoms with Crippen LogP contribution in [0.5, 0.6) is 0 Å². The number of aliphatic hydroxyl groups excluding tert-OH is 2. The molecule has 0 amide bonds. The van der Waals surface area contributed by atoms with Gasteiger partial charge in [0.15, 0.2) is 0 Å². The van der Waals surface area contributed by atoms with Crippen LogP contribution in [0, 0.1) is 0 Å². The second kappa shape index (κ2) is 6.48. The number of nitrogens with two attached hydrogens (primary N) is 1. The van der Waals surface area contributed by atoms with E-state index in [1.807, 2.05) is 0 Å². The van der Waals surface area contributed by atoms with E-state index in [2.05, 4.69) is 25.2 Å². The number of hydrogen-bond donors (Lipinski definition) is 4. The molecular weight excluding hydrogens is 248 g/mol. The van der Waals surface area contributed by atoms with Gasteiger partial charge in [0.2, 0.25) is 17.8 Å². The van der Waals surface area contributed by atoms with Crippen LogP contribution in [0.1, 0.15) is 19.3 Å². The number of nitrogen functional groups attached to an aromatic ring is 1. The van der Waals surface area contributed by atoms with Gasteiger partial charge >= 0.3 is 0 Å². The second-order valence-corrected chi connectivity index (χ2v) is 4.58. The van der Waals surface area contributed by atoms with Crippen LogP contribution in [0.25, 0.3) is 0 Å². The summed E-state index contributed by atoms with van der Waals surface area (Å²) in [5, 5.41) is 20.9. The third-order valence-electron chi connectivity index (χ3n) is 2.99. The van der Waals surface area contributed by atoms with Gasteiger partial charge in [0.05, 0.1) is 12.7 Å². The highest BCUT2D eigenvalue weighted by atomic mass is 16.3. The Morgan fingerprint density at radius 3 is 2.63 bits per heavy atom. The summed E-state index contributed by atoms with van der Waals surface area (Å²) in [5.74, 6) is 1.03. The zero-order valence-electron chi connectivity index (χ0n) is 10.8. The minimum atomic E-state index is -0.851. The Labute approximate surface area is 111 Å². The van der Waals surface area contributed by atoms with E-state index >= 15 is 0 Å². The zero-order chi connectivity index (χ0) is 13.7. The third-order valence-corrected chi connectivity index (χ3v) is 2.99. The van der Waals surface area contributed by atoms with Gasteiger partial charge in [-0.2, -0.15) is 15.0 Å². The fourth-order valence-electron chi connectivity index (χ4n) is 1.97. The predicted octanol–water partition coefficient (Wildman–Crippen LogP) is -0.791. The van der Waals surface area contributed by atoms with Crippen molar-refractivity contribution in [3.8, 4) is 0 Å². The first kappa shape index (κ1) is 13.8. The van der Waals surface area contributed by atoms with Gasteiger partial charge in [0.1, 0.15) is 0 Å². The number of hydrogen-bond acceptors (Lipinski definition) is 8. The van der Waals surface area contributed by atoms with Gasteiger partial charge in [0, 0.05) is 19.6 Å². The zero-order valence-corrected chi connectivity index (χ0v) is 10.8. The average molecular weight is 268 g/mol. The highest BCUT2D eigenvalue weighted by Gasteiger charge is 2.15. The first-order valence-electron chi connectivity index (χ1n) is 6.48. The van der Waals surface area contributed by atoms with Crippen LogP contribution < -0.4 is 16.0 Å². The lowest BCUT2D eigenvalue weighted by Crippen LogP contribution is -2.32. The fourth-order valence-corrected chi connectivity index (χ4v) is 1.97. The van der Waals surface area contributed by atoms with E-state index in [0.717, 1.165) is 25.9 Å². The molecule has 1 unspecified atom stereocenters. The van der Waals surface area contributed by atoms with Crippen molar-refractivity contribution in [1.82, 2.24) is 15.0 Å². The highest BCUT2D eigenvalue weighted by Crippen LogP contribution is 2.17. The predicted molar refractivity (Wildman–Crippen MR) is 71.9 cm³/mol. The van der Waals surface area contributed by atoms with Crippen LogP contribution in [0.15, 0.2) is 0 Å². The van der Waals surface area contributed by atoms with Crippen molar-refractivity contribution in [3.05, 3.63) is 0 Å². The third kappa shape index (κ3) is 3.90. The SMILES string of the molecule is Nc1nc(NCC(O)CO)nc(N2CCCCC2)n1. The molecule has 0 aromatic carbocycles. The van der Waals surface area contributed by atoms with Gasteiger partial charge in [-0.25, -0.2) is 0 Å². The Bertz CT molecular complexity index is 410. The summed E-state index contributed by atoms with van der Waals surface area (Å²) in [6.07, 6.45) is 2.62. The lowest BCUT2D eigenvalue weighted by molar-refractivity contribution is 0.105.